The average molecular weight is 503 g/mol. The van der Waals surface area contributed by atoms with Crippen molar-refractivity contribution in [3.63, 3.8) is 0 Å². The molecule has 0 aliphatic heterocycles. The number of rotatable bonds is 14. The lowest BCUT2D eigenvalue weighted by molar-refractivity contribution is -0.145. The molecule has 0 amide bonds. The molecule has 0 spiro atoms. The Labute approximate surface area is 211 Å². The Morgan fingerprint density at radius 3 is 2.39 bits per heavy atom. The summed E-state index contributed by atoms with van der Waals surface area (Å²) < 4.78 is 35.3. The van der Waals surface area contributed by atoms with E-state index in [-0.39, 0.29) is 24.8 Å². The van der Waals surface area contributed by atoms with E-state index in [0.29, 0.717) is 35.8 Å². The van der Waals surface area contributed by atoms with Crippen LogP contribution in [0.25, 0.3) is 17.2 Å². The van der Waals surface area contributed by atoms with Crippen LogP contribution in [0.2, 0.25) is 0 Å². The van der Waals surface area contributed by atoms with Gasteiger partial charge in [0.15, 0.2) is 11.5 Å². The normalized spacial score (nSPS) is 12.1. The molecule has 1 N–H and O–H groups in total. The number of hydrogen-bond donors (Lipinski definition) is 1. The Bertz CT molecular complexity index is 1040. The number of aliphatic hydroxyl groups excluding tert-OH is 1. The summed E-state index contributed by atoms with van der Waals surface area (Å²) in [5.41, 5.74) is 3.01. The molecule has 0 aromatic heterocycles. The van der Waals surface area contributed by atoms with E-state index < -0.39 is 24.3 Å². The fourth-order valence-electron chi connectivity index (χ4n) is 3.73. The van der Waals surface area contributed by atoms with Crippen LogP contribution in [0.1, 0.15) is 50.7 Å². The molecule has 0 aliphatic rings. The lowest BCUT2D eigenvalue weighted by Gasteiger charge is -2.22. The van der Waals surface area contributed by atoms with Crippen LogP contribution in [0.4, 0.5) is 4.39 Å². The molecule has 2 aromatic carbocycles. The zero-order valence-corrected chi connectivity index (χ0v) is 21.5. The molecule has 8 heteroatoms. The van der Waals surface area contributed by atoms with Gasteiger partial charge < -0.3 is 24.1 Å². The van der Waals surface area contributed by atoms with Crippen LogP contribution in [0, 0.1) is 5.82 Å². The molecular formula is C28H35FO7. The smallest absolute Gasteiger partial charge is 0.313 e. The van der Waals surface area contributed by atoms with Gasteiger partial charge in [-0.1, -0.05) is 38.1 Å². The first kappa shape index (κ1) is 29.0. The number of ether oxygens (including phenoxy) is 4. The number of carbonyl (C=O) groups excluding carboxylic acids is 2. The van der Waals surface area contributed by atoms with Gasteiger partial charge in [-0.2, -0.15) is 0 Å². The molecule has 0 radical (unpaired) electrons. The maximum Gasteiger partial charge on any atom is 0.313 e. The Morgan fingerprint density at radius 2 is 1.81 bits per heavy atom. The lowest BCUT2D eigenvalue weighted by atomic mass is 9.88. The van der Waals surface area contributed by atoms with Crippen molar-refractivity contribution >= 4 is 17.8 Å². The minimum Gasteiger partial charge on any atom is -0.492 e. The van der Waals surface area contributed by atoms with E-state index >= 15 is 0 Å². The molecule has 0 bridgehead atoms. The number of benzene rings is 2. The highest BCUT2D eigenvalue weighted by Crippen LogP contribution is 2.45. The monoisotopic (exact) mass is 502 g/mol. The van der Waals surface area contributed by atoms with E-state index in [4.69, 9.17) is 18.9 Å². The first-order valence-electron chi connectivity index (χ1n) is 11.9. The predicted octanol–water partition coefficient (Wildman–Crippen LogP) is 4.94. The zero-order chi connectivity index (χ0) is 26.7. The van der Waals surface area contributed by atoms with Crippen molar-refractivity contribution < 1.29 is 38.0 Å². The van der Waals surface area contributed by atoms with Gasteiger partial charge in [-0.25, -0.2) is 4.39 Å². The van der Waals surface area contributed by atoms with Crippen molar-refractivity contribution in [2.75, 3.05) is 34.0 Å². The number of carbonyl (C=O) groups is 2. The molecule has 0 saturated heterocycles. The van der Waals surface area contributed by atoms with E-state index in [2.05, 4.69) is 0 Å². The number of Topliss-reactive ketones (excluding diaryl/α,β-unsaturated/α-hetero) is 1. The average Bonchev–Trinajstić information content (AvgIpc) is 2.82. The van der Waals surface area contributed by atoms with Crippen LogP contribution in [0.3, 0.4) is 0 Å². The molecule has 0 aliphatic carbocycles. The Kier molecular flexibility index (Phi) is 11.6. The zero-order valence-electron chi connectivity index (χ0n) is 21.5. The van der Waals surface area contributed by atoms with Crippen molar-refractivity contribution in [1.29, 1.82) is 0 Å². The van der Waals surface area contributed by atoms with E-state index in [1.54, 1.807) is 32.2 Å². The summed E-state index contributed by atoms with van der Waals surface area (Å²) in [6.07, 6.45) is 1.49. The summed E-state index contributed by atoms with van der Waals surface area (Å²) in [5, 5.41) is 10.5. The second kappa shape index (κ2) is 14.4. The number of ketones is 1. The molecule has 2 aromatic rings. The van der Waals surface area contributed by atoms with Crippen LogP contribution >= 0.6 is 0 Å². The van der Waals surface area contributed by atoms with Crippen molar-refractivity contribution in [3.05, 3.63) is 53.4 Å². The molecule has 0 fully saturated rings. The van der Waals surface area contributed by atoms with E-state index in [0.717, 1.165) is 11.1 Å². The Balaban J connectivity index is 2.53. The third-order valence-corrected chi connectivity index (χ3v) is 5.39. The molecule has 36 heavy (non-hydrogen) atoms. The number of methoxy groups -OCH3 is 2. The van der Waals surface area contributed by atoms with Crippen molar-refractivity contribution in [1.82, 2.24) is 0 Å². The Hall–Kier alpha value is -3.23. The highest BCUT2D eigenvalue weighted by atomic mass is 19.1. The summed E-state index contributed by atoms with van der Waals surface area (Å²) >= 11 is 0. The number of aliphatic hydroxyl groups is 1. The number of hydrogen-bond acceptors (Lipinski definition) is 7. The first-order valence-corrected chi connectivity index (χ1v) is 11.9. The molecule has 7 nitrogen and oxygen atoms in total. The van der Waals surface area contributed by atoms with Crippen LogP contribution < -0.4 is 9.47 Å². The summed E-state index contributed by atoms with van der Waals surface area (Å²) in [5.74, 6) is -0.389. The summed E-state index contributed by atoms with van der Waals surface area (Å²) in [6.45, 7) is 6.58. The maximum absolute atomic E-state index is 13.7. The van der Waals surface area contributed by atoms with E-state index in [1.807, 2.05) is 19.9 Å². The SMILES string of the molecule is CCOC(=O)CC(=O)CC(O)C=Cc1c(C(C)C)cc(OCCOC)c(OC)c1-c1ccc(F)cc1. The van der Waals surface area contributed by atoms with Crippen LogP contribution in [-0.4, -0.2) is 57.0 Å². The fourth-order valence-corrected chi connectivity index (χ4v) is 3.73. The molecule has 1 atom stereocenters. The third-order valence-electron chi connectivity index (χ3n) is 5.39. The fraction of sp³-hybridized carbons (Fsp3) is 0.429. The van der Waals surface area contributed by atoms with E-state index in [9.17, 15) is 19.1 Å². The Morgan fingerprint density at radius 1 is 1.11 bits per heavy atom. The standard InChI is InChI=1S/C28H35FO7/c1-6-35-26(32)16-22(31)15-21(30)11-12-23-24(18(2)3)17-25(36-14-13-33-4)28(34-5)27(23)19-7-9-20(29)10-8-19/h7-12,17-18,21,30H,6,13-16H2,1-5H3. The van der Waals surface area contributed by atoms with Crippen LogP contribution in [0.5, 0.6) is 11.5 Å². The number of halogens is 1. The molecule has 2 rings (SSSR count). The van der Waals surface area contributed by atoms with Gasteiger partial charge in [0.1, 0.15) is 24.6 Å². The van der Waals surface area contributed by atoms with Gasteiger partial charge in [0.2, 0.25) is 0 Å². The minimum atomic E-state index is -1.11. The molecule has 1 unspecified atom stereocenters. The van der Waals surface area contributed by atoms with E-state index in [1.165, 1.54) is 25.3 Å². The second-order valence-corrected chi connectivity index (χ2v) is 8.44. The summed E-state index contributed by atoms with van der Waals surface area (Å²) in [4.78, 5) is 23.7. The van der Waals surface area contributed by atoms with Gasteiger partial charge >= 0.3 is 5.97 Å². The van der Waals surface area contributed by atoms with Gasteiger partial charge in [0, 0.05) is 19.1 Å². The van der Waals surface area contributed by atoms with Gasteiger partial charge in [-0.05, 0) is 47.7 Å². The highest BCUT2D eigenvalue weighted by molar-refractivity contribution is 5.96. The van der Waals surface area contributed by atoms with Gasteiger partial charge in [0.25, 0.3) is 0 Å². The largest absolute Gasteiger partial charge is 0.492 e. The van der Waals surface area contributed by atoms with Crippen molar-refractivity contribution in [3.8, 4) is 22.6 Å². The van der Waals surface area contributed by atoms with Gasteiger partial charge in [-0.15, -0.1) is 0 Å². The van der Waals surface area contributed by atoms with Crippen molar-refractivity contribution in [2.45, 2.75) is 45.6 Å². The molecule has 196 valence electrons. The third kappa shape index (κ3) is 8.17. The minimum absolute atomic E-state index is 0.0575. The lowest BCUT2D eigenvalue weighted by Crippen LogP contribution is -2.16. The number of esters is 1. The molecule has 0 heterocycles. The summed E-state index contributed by atoms with van der Waals surface area (Å²) in [6, 6.07) is 7.89. The maximum atomic E-state index is 13.7. The highest BCUT2D eigenvalue weighted by Gasteiger charge is 2.22. The molecular weight excluding hydrogens is 467 g/mol. The topological polar surface area (TPSA) is 91.3 Å². The quantitative estimate of drug-likeness (QED) is 0.222. The predicted molar refractivity (Wildman–Crippen MR) is 136 cm³/mol. The van der Waals surface area contributed by atoms with Gasteiger partial charge in [0.05, 0.1) is 26.4 Å². The van der Waals surface area contributed by atoms with Crippen molar-refractivity contribution in [2.24, 2.45) is 0 Å². The summed E-state index contributed by atoms with van der Waals surface area (Å²) in [7, 11) is 3.11. The van der Waals surface area contributed by atoms with Crippen LogP contribution in [-0.2, 0) is 19.1 Å². The van der Waals surface area contributed by atoms with Gasteiger partial charge in [-0.3, -0.25) is 9.59 Å². The molecule has 0 saturated carbocycles. The first-order chi connectivity index (χ1) is 17.2. The second-order valence-electron chi connectivity index (χ2n) is 8.44. The van der Waals surface area contributed by atoms with Crippen LogP contribution in [0.15, 0.2) is 36.4 Å².